The summed E-state index contributed by atoms with van der Waals surface area (Å²) in [5, 5.41) is 13.8. The van der Waals surface area contributed by atoms with Crippen molar-refractivity contribution in [2.75, 3.05) is 19.6 Å². The van der Waals surface area contributed by atoms with Crippen LogP contribution in [0.3, 0.4) is 0 Å². The third kappa shape index (κ3) is 3.22. The van der Waals surface area contributed by atoms with Gasteiger partial charge in [-0.2, -0.15) is 4.31 Å². The summed E-state index contributed by atoms with van der Waals surface area (Å²) < 4.78 is 26.9. The molecule has 1 aliphatic heterocycles. The van der Waals surface area contributed by atoms with Gasteiger partial charge in [0.1, 0.15) is 0 Å². The molecular formula is C13H19N3O4S. The van der Waals surface area contributed by atoms with Gasteiger partial charge in [-0.15, -0.1) is 0 Å². The summed E-state index contributed by atoms with van der Waals surface area (Å²) in [6.45, 7) is 5.59. The summed E-state index contributed by atoms with van der Waals surface area (Å²) in [7, 11) is -3.63. The van der Waals surface area contributed by atoms with E-state index < -0.39 is 14.9 Å². The average Bonchev–Trinajstić information content (AvgIpc) is 2.47. The molecule has 1 N–H and O–H groups in total. The maximum Gasteiger partial charge on any atom is 0.269 e. The number of piperazine rings is 1. The lowest BCUT2D eigenvalue weighted by molar-refractivity contribution is -0.384. The standard InChI is InChI=1S/C13H19N3O4S/c1-10(2)13-9-14-7-8-15(13)21(19,20)12-5-3-11(4-6-12)16(17)18/h3-6,10,13-14H,7-9H2,1-2H3. The predicted molar refractivity (Wildman–Crippen MR) is 78.5 cm³/mol. The van der Waals surface area contributed by atoms with Gasteiger partial charge in [-0.25, -0.2) is 8.42 Å². The molecule has 21 heavy (non-hydrogen) atoms. The van der Waals surface area contributed by atoms with Gasteiger partial charge in [0.2, 0.25) is 10.0 Å². The van der Waals surface area contributed by atoms with Crippen molar-refractivity contribution in [1.29, 1.82) is 0 Å². The Morgan fingerprint density at radius 2 is 1.95 bits per heavy atom. The van der Waals surface area contributed by atoms with E-state index in [1.165, 1.54) is 28.6 Å². The molecule has 116 valence electrons. The molecule has 7 nitrogen and oxygen atoms in total. The highest BCUT2D eigenvalue weighted by Crippen LogP contribution is 2.24. The molecule has 0 aliphatic carbocycles. The van der Waals surface area contributed by atoms with E-state index in [-0.39, 0.29) is 22.5 Å². The van der Waals surface area contributed by atoms with E-state index in [2.05, 4.69) is 5.32 Å². The maximum atomic E-state index is 12.7. The molecule has 1 fully saturated rings. The first-order valence-electron chi connectivity index (χ1n) is 6.81. The zero-order chi connectivity index (χ0) is 15.6. The van der Waals surface area contributed by atoms with Gasteiger partial charge in [-0.3, -0.25) is 10.1 Å². The number of nitrogens with zero attached hydrogens (tertiary/aromatic N) is 2. The van der Waals surface area contributed by atoms with Crippen molar-refractivity contribution in [2.45, 2.75) is 24.8 Å². The normalized spacial score (nSPS) is 20.6. The minimum Gasteiger partial charge on any atom is -0.314 e. The van der Waals surface area contributed by atoms with Crippen LogP contribution in [0.1, 0.15) is 13.8 Å². The van der Waals surface area contributed by atoms with Crippen LogP contribution in [0.15, 0.2) is 29.2 Å². The van der Waals surface area contributed by atoms with Gasteiger partial charge >= 0.3 is 0 Å². The zero-order valence-electron chi connectivity index (χ0n) is 12.0. The number of non-ortho nitro benzene ring substituents is 1. The quantitative estimate of drug-likeness (QED) is 0.666. The molecule has 8 heteroatoms. The summed E-state index contributed by atoms with van der Waals surface area (Å²) in [5.41, 5.74) is -0.116. The minimum atomic E-state index is -3.63. The second kappa shape index (κ2) is 6.08. The number of rotatable bonds is 4. The van der Waals surface area contributed by atoms with Crippen LogP contribution in [0, 0.1) is 16.0 Å². The monoisotopic (exact) mass is 313 g/mol. The minimum absolute atomic E-state index is 0.0978. The lowest BCUT2D eigenvalue weighted by atomic mass is 10.0. The van der Waals surface area contributed by atoms with Crippen LogP contribution >= 0.6 is 0 Å². The summed E-state index contributed by atoms with van der Waals surface area (Å²) in [5.74, 6) is 0.186. The summed E-state index contributed by atoms with van der Waals surface area (Å²) in [6.07, 6.45) is 0. The Bertz CT molecular complexity index is 613. The number of sulfonamides is 1. The van der Waals surface area contributed by atoms with Gasteiger partial charge in [0.25, 0.3) is 5.69 Å². The van der Waals surface area contributed by atoms with Crippen molar-refractivity contribution in [2.24, 2.45) is 5.92 Å². The van der Waals surface area contributed by atoms with Crippen LogP contribution in [-0.2, 0) is 10.0 Å². The fourth-order valence-corrected chi connectivity index (χ4v) is 4.21. The number of nitro groups is 1. The fraction of sp³-hybridized carbons (Fsp3) is 0.538. The molecule has 0 spiro atoms. The molecule has 0 aromatic heterocycles. The van der Waals surface area contributed by atoms with Gasteiger partial charge in [0.15, 0.2) is 0 Å². The lowest BCUT2D eigenvalue weighted by Gasteiger charge is -2.37. The van der Waals surface area contributed by atoms with Crippen LogP contribution in [0.4, 0.5) is 5.69 Å². The van der Waals surface area contributed by atoms with Crippen molar-refractivity contribution in [3.05, 3.63) is 34.4 Å². The Hall–Kier alpha value is -1.51. The number of nitro benzene ring substituents is 1. The predicted octanol–water partition coefficient (Wildman–Crippen LogP) is 1.21. The summed E-state index contributed by atoms with van der Waals surface area (Å²) >= 11 is 0. The first kappa shape index (κ1) is 15.9. The molecule has 1 aromatic rings. The van der Waals surface area contributed by atoms with Crippen molar-refractivity contribution < 1.29 is 13.3 Å². The number of hydrogen-bond acceptors (Lipinski definition) is 5. The molecular weight excluding hydrogens is 294 g/mol. The van der Waals surface area contributed by atoms with Crippen LogP contribution in [0.5, 0.6) is 0 Å². The molecule has 1 aliphatic rings. The van der Waals surface area contributed by atoms with E-state index in [0.717, 1.165) is 0 Å². The molecule has 0 radical (unpaired) electrons. The van der Waals surface area contributed by atoms with E-state index in [4.69, 9.17) is 0 Å². The van der Waals surface area contributed by atoms with Crippen LogP contribution in [-0.4, -0.2) is 43.3 Å². The van der Waals surface area contributed by atoms with Gasteiger partial charge in [0, 0.05) is 37.8 Å². The highest BCUT2D eigenvalue weighted by atomic mass is 32.2. The molecule has 1 unspecified atom stereocenters. The van der Waals surface area contributed by atoms with Gasteiger partial charge in [0.05, 0.1) is 9.82 Å². The average molecular weight is 313 g/mol. The number of nitrogens with one attached hydrogen (secondary N) is 1. The Morgan fingerprint density at radius 1 is 1.33 bits per heavy atom. The van der Waals surface area contributed by atoms with E-state index >= 15 is 0 Å². The Kier molecular flexibility index (Phi) is 4.60. The molecule has 1 aromatic carbocycles. The first-order chi connectivity index (χ1) is 9.84. The van der Waals surface area contributed by atoms with Gasteiger partial charge in [-0.1, -0.05) is 13.8 Å². The van der Waals surface area contributed by atoms with E-state index in [1.54, 1.807) is 0 Å². The van der Waals surface area contributed by atoms with Crippen LogP contribution in [0.25, 0.3) is 0 Å². The highest BCUT2D eigenvalue weighted by Gasteiger charge is 2.35. The number of benzene rings is 1. The van der Waals surface area contributed by atoms with E-state index in [0.29, 0.717) is 19.6 Å². The molecule has 1 saturated heterocycles. The smallest absolute Gasteiger partial charge is 0.269 e. The Morgan fingerprint density at radius 3 is 2.48 bits per heavy atom. The second-order valence-electron chi connectivity index (χ2n) is 5.38. The third-order valence-corrected chi connectivity index (χ3v) is 5.59. The number of hydrogen-bond donors (Lipinski definition) is 1. The largest absolute Gasteiger partial charge is 0.314 e. The van der Waals surface area contributed by atoms with Crippen molar-refractivity contribution >= 4 is 15.7 Å². The topological polar surface area (TPSA) is 92.6 Å². The third-order valence-electron chi connectivity index (χ3n) is 3.66. The summed E-state index contributed by atoms with van der Waals surface area (Å²) in [4.78, 5) is 10.2. The lowest BCUT2D eigenvalue weighted by Crippen LogP contribution is -2.55. The van der Waals surface area contributed by atoms with Crippen LogP contribution < -0.4 is 5.32 Å². The van der Waals surface area contributed by atoms with Gasteiger partial charge in [-0.05, 0) is 18.1 Å². The van der Waals surface area contributed by atoms with Crippen LogP contribution in [0.2, 0.25) is 0 Å². The second-order valence-corrected chi connectivity index (χ2v) is 7.27. The molecule has 0 saturated carbocycles. The Balaban J connectivity index is 2.33. The molecule has 1 atom stereocenters. The van der Waals surface area contributed by atoms with Crippen molar-refractivity contribution in [3.63, 3.8) is 0 Å². The highest BCUT2D eigenvalue weighted by molar-refractivity contribution is 7.89. The van der Waals surface area contributed by atoms with E-state index in [9.17, 15) is 18.5 Å². The molecule has 0 bridgehead atoms. The molecule has 2 rings (SSSR count). The van der Waals surface area contributed by atoms with E-state index in [1.807, 2.05) is 13.8 Å². The molecule has 0 amide bonds. The van der Waals surface area contributed by atoms with Crippen molar-refractivity contribution in [3.8, 4) is 0 Å². The zero-order valence-corrected chi connectivity index (χ0v) is 12.8. The molecule has 1 heterocycles. The van der Waals surface area contributed by atoms with Gasteiger partial charge < -0.3 is 5.32 Å². The maximum absolute atomic E-state index is 12.7. The summed E-state index contributed by atoms with van der Waals surface area (Å²) in [6, 6.07) is 4.93. The Labute approximate surface area is 124 Å². The van der Waals surface area contributed by atoms with Crippen molar-refractivity contribution in [1.82, 2.24) is 9.62 Å². The SMILES string of the molecule is CC(C)C1CNCCN1S(=O)(=O)c1ccc([N+](=O)[O-])cc1. The first-order valence-corrected chi connectivity index (χ1v) is 8.25. The fourth-order valence-electron chi connectivity index (χ4n) is 2.45.